The molecule has 1 saturated heterocycles. The fourth-order valence-corrected chi connectivity index (χ4v) is 5.04. The molecule has 0 radical (unpaired) electrons. The van der Waals surface area contributed by atoms with E-state index in [0.717, 1.165) is 16.7 Å². The number of nitrogens with zero attached hydrogens (tertiary/aromatic N) is 5. The van der Waals surface area contributed by atoms with Gasteiger partial charge in [0.05, 0.1) is 52.2 Å². The number of carbonyl (C=O) groups excluding carboxylic acids is 2. The molecule has 39 heavy (non-hydrogen) atoms. The van der Waals surface area contributed by atoms with Crippen LogP contribution >= 0.6 is 0 Å². The number of imidazole rings is 2. The Balaban J connectivity index is 1.78. The number of anilines is 1. The van der Waals surface area contributed by atoms with Gasteiger partial charge in [-0.25, -0.2) is 14.2 Å². The molecular weight excluding hydrogens is 505 g/mol. The molecule has 5 rings (SSSR count). The third kappa shape index (κ3) is 4.54. The summed E-state index contributed by atoms with van der Waals surface area (Å²) in [5, 5.41) is 0. The van der Waals surface area contributed by atoms with E-state index in [1.54, 1.807) is 23.2 Å². The Morgan fingerprint density at radius 2 is 1.69 bits per heavy atom. The number of aromatic nitrogens is 4. The number of carbonyl (C=O) groups is 2. The molecule has 1 fully saturated rings. The molecule has 1 aliphatic heterocycles. The summed E-state index contributed by atoms with van der Waals surface area (Å²) < 4.78 is 26.0. The lowest BCUT2D eigenvalue weighted by atomic mass is 9.95. The SMILES string of the molecule is CC(=O)NNC(=O)c1cc2nc(C(C)(C)C)n(-c3cc(N4CCOCC4)c4c(c3)n(C)c(=O)n4C)c2cc1F. The number of morpholine rings is 1. The summed E-state index contributed by atoms with van der Waals surface area (Å²) in [4.78, 5) is 43.7. The second kappa shape index (κ2) is 9.53. The molecule has 4 aromatic rings. The second-order valence-electron chi connectivity index (χ2n) is 10.8. The summed E-state index contributed by atoms with van der Waals surface area (Å²) in [6, 6.07) is 6.57. The molecule has 0 spiro atoms. The van der Waals surface area contributed by atoms with Crippen molar-refractivity contribution in [3.63, 3.8) is 0 Å². The van der Waals surface area contributed by atoms with E-state index in [-0.39, 0.29) is 11.3 Å². The average molecular weight is 538 g/mol. The van der Waals surface area contributed by atoms with Gasteiger partial charge in [0.25, 0.3) is 5.91 Å². The van der Waals surface area contributed by atoms with Gasteiger partial charge in [0, 0.05) is 45.6 Å². The lowest BCUT2D eigenvalue weighted by Gasteiger charge is -2.30. The molecule has 11 nitrogen and oxygen atoms in total. The molecule has 2 aromatic carbocycles. The van der Waals surface area contributed by atoms with Crippen LogP contribution in [0.1, 0.15) is 43.9 Å². The van der Waals surface area contributed by atoms with E-state index in [1.165, 1.54) is 19.1 Å². The van der Waals surface area contributed by atoms with Gasteiger partial charge < -0.3 is 9.64 Å². The summed E-state index contributed by atoms with van der Waals surface area (Å²) in [6.45, 7) is 9.73. The quantitative estimate of drug-likeness (QED) is 0.388. The molecule has 206 valence electrons. The molecule has 2 amide bonds. The summed E-state index contributed by atoms with van der Waals surface area (Å²) in [5.74, 6) is -1.37. The van der Waals surface area contributed by atoms with Crippen LogP contribution in [0.25, 0.3) is 27.8 Å². The summed E-state index contributed by atoms with van der Waals surface area (Å²) in [7, 11) is 3.48. The zero-order chi connectivity index (χ0) is 28.2. The van der Waals surface area contributed by atoms with Crippen molar-refractivity contribution in [2.24, 2.45) is 14.1 Å². The molecule has 0 unspecified atom stereocenters. The maximum Gasteiger partial charge on any atom is 0.328 e. The Bertz CT molecular complexity index is 1690. The van der Waals surface area contributed by atoms with Gasteiger partial charge in [0.1, 0.15) is 11.6 Å². The molecule has 12 heteroatoms. The van der Waals surface area contributed by atoms with Gasteiger partial charge in [-0.3, -0.25) is 34.1 Å². The van der Waals surface area contributed by atoms with Crippen LogP contribution in [-0.2, 0) is 29.0 Å². The van der Waals surface area contributed by atoms with Gasteiger partial charge in [-0.1, -0.05) is 20.8 Å². The highest BCUT2D eigenvalue weighted by Gasteiger charge is 2.28. The molecule has 0 atom stereocenters. The lowest BCUT2D eigenvalue weighted by Crippen LogP contribution is -2.40. The number of halogens is 1. The molecule has 0 saturated carbocycles. The smallest absolute Gasteiger partial charge is 0.328 e. The van der Waals surface area contributed by atoms with Crippen LogP contribution in [0.2, 0.25) is 0 Å². The van der Waals surface area contributed by atoms with Crippen molar-refractivity contribution in [3.05, 3.63) is 52.0 Å². The highest BCUT2D eigenvalue weighted by Crippen LogP contribution is 2.35. The van der Waals surface area contributed by atoms with Gasteiger partial charge in [-0.15, -0.1) is 0 Å². The van der Waals surface area contributed by atoms with Crippen molar-refractivity contribution in [2.45, 2.75) is 33.1 Å². The van der Waals surface area contributed by atoms with E-state index in [2.05, 4.69) is 15.8 Å². The van der Waals surface area contributed by atoms with E-state index in [4.69, 9.17) is 9.72 Å². The van der Waals surface area contributed by atoms with Crippen LogP contribution in [0, 0.1) is 5.82 Å². The first-order chi connectivity index (χ1) is 18.4. The van der Waals surface area contributed by atoms with Gasteiger partial charge in [0.2, 0.25) is 5.91 Å². The molecule has 1 aliphatic rings. The fraction of sp³-hybridized carbons (Fsp3) is 0.407. The number of benzene rings is 2. The average Bonchev–Trinajstić information content (AvgIpc) is 3.37. The standard InChI is InChI=1S/C27H32FN7O4/c1-15(36)30-31-24(37)17-13-19-20(14-18(17)28)35(25(29-19)27(2,3)4)16-11-21-23(33(6)26(38)32(21)5)22(12-16)34-7-9-39-10-8-34/h11-14H,7-10H2,1-6H3,(H,30,36)(H,31,37). The predicted octanol–water partition coefficient (Wildman–Crippen LogP) is 2.27. The molecule has 3 heterocycles. The van der Waals surface area contributed by atoms with Crippen molar-refractivity contribution in [1.82, 2.24) is 29.5 Å². The Morgan fingerprint density at radius 1 is 1.00 bits per heavy atom. The Kier molecular flexibility index (Phi) is 6.45. The lowest BCUT2D eigenvalue weighted by molar-refractivity contribution is -0.119. The highest BCUT2D eigenvalue weighted by atomic mass is 19.1. The number of fused-ring (bicyclic) bond motifs is 2. The Labute approximate surface area is 224 Å². The largest absolute Gasteiger partial charge is 0.378 e. The number of hydrogen-bond acceptors (Lipinski definition) is 6. The fourth-order valence-electron chi connectivity index (χ4n) is 5.04. The van der Waals surface area contributed by atoms with Crippen LogP contribution in [0.4, 0.5) is 10.1 Å². The number of amides is 2. The van der Waals surface area contributed by atoms with Crippen LogP contribution in [0.15, 0.2) is 29.1 Å². The van der Waals surface area contributed by atoms with Crippen LogP contribution in [0.5, 0.6) is 0 Å². The molecule has 2 N–H and O–H groups in total. The molecular formula is C27H32FN7O4. The minimum atomic E-state index is -0.785. The number of aryl methyl sites for hydroxylation is 2. The summed E-state index contributed by atoms with van der Waals surface area (Å²) in [6.07, 6.45) is 0. The maximum atomic E-state index is 15.4. The number of nitrogens with one attached hydrogen (secondary N) is 2. The van der Waals surface area contributed by atoms with E-state index in [9.17, 15) is 14.4 Å². The second-order valence-corrected chi connectivity index (χ2v) is 10.8. The van der Waals surface area contributed by atoms with Crippen LogP contribution in [-0.4, -0.2) is 56.8 Å². The number of ether oxygens (including phenoxy) is 1. The predicted molar refractivity (Wildman–Crippen MR) is 146 cm³/mol. The summed E-state index contributed by atoms with van der Waals surface area (Å²) >= 11 is 0. The van der Waals surface area contributed by atoms with E-state index < -0.39 is 23.0 Å². The first-order valence-corrected chi connectivity index (χ1v) is 12.7. The first kappa shape index (κ1) is 26.4. The molecule has 0 bridgehead atoms. The van der Waals surface area contributed by atoms with E-state index in [0.29, 0.717) is 48.8 Å². The van der Waals surface area contributed by atoms with Crippen molar-refractivity contribution in [2.75, 3.05) is 31.2 Å². The number of hydrazine groups is 1. The van der Waals surface area contributed by atoms with Gasteiger partial charge in [0.15, 0.2) is 0 Å². The van der Waals surface area contributed by atoms with E-state index in [1.807, 2.05) is 37.5 Å². The van der Waals surface area contributed by atoms with Crippen LogP contribution in [0.3, 0.4) is 0 Å². The number of rotatable bonds is 3. The van der Waals surface area contributed by atoms with Crippen molar-refractivity contribution in [1.29, 1.82) is 0 Å². The minimum Gasteiger partial charge on any atom is -0.378 e. The molecule has 0 aliphatic carbocycles. The third-order valence-electron chi connectivity index (χ3n) is 6.95. The Hall–Kier alpha value is -4.19. The molecule has 2 aromatic heterocycles. The Morgan fingerprint density at radius 3 is 2.33 bits per heavy atom. The topological polar surface area (TPSA) is 115 Å². The minimum absolute atomic E-state index is 0.149. The van der Waals surface area contributed by atoms with Crippen LogP contribution < -0.4 is 21.4 Å². The van der Waals surface area contributed by atoms with Gasteiger partial charge in [-0.05, 0) is 18.2 Å². The normalized spacial score (nSPS) is 14.3. The first-order valence-electron chi connectivity index (χ1n) is 12.7. The highest BCUT2D eigenvalue weighted by molar-refractivity contribution is 5.99. The third-order valence-corrected chi connectivity index (χ3v) is 6.95. The van der Waals surface area contributed by atoms with Crippen molar-refractivity contribution in [3.8, 4) is 5.69 Å². The zero-order valence-corrected chi connectivity index (χ0v) is 22.9. The zero-order valence-electron chi connectivity index (χ0n) is 22.9. The van der Waals surface area contributed by atoms with E-state index >= 15 is 4.39 Å². The van der Waals surface area contributed by atoms with Crippen molar-refractivity contribution < 1.29 is 18.7 Å². The maximum absolute atomic E-state index is 15.4. The van der Waals surface area contributed by atoms with Gasteiger partial charge in [-0.2, -0.15) is 0 Å². The number of hydrogen-bond donors (Lipinski definition) is 2. The van der Waals surface area contributed by atoms with Gasteiger partial charge >= 0.3 is 5.69 Å². The van der Waals surface area contributed by atoms with Crippen molar-refractivity contribution >= 4 is 39.6 Å². The summed E-state index contributed by atoms with van der Waals surface area (Å²) in [5.41, 5.74) is 7.56. The monoisotopic (exact) mass is 537 g/mol.